The van der Waals surface area contributed by atoms with Gasteiger partial charge in [0.25, 0.3) is 0 Å². The lowest BCUT2D eigenvalue weighted by Crippen LogP contribution is -2.54. The molecule has 6 nitrogen and oxygen atoms in total. The van der Waals surface area contributed by atoms with E-state index in [2.05, 4.69) is 136 Å². The average molecular weight is 748 g/mol. The zero-order valence-electron chi connectivity index (χ0n) is 37.4. The van der Waals surface area contributed by atoms with Crippen LogP contribution in [-0.4, -0.2) is 21.0 Å². The molecular weight excluding hydrogens is 691 g/mol. The van der Waals surface area contributed by atoms with Crippen LogP contribution in [0.3, 0.4) is 0 Å². The second kappa shape index (κ2) is 11.5. The van der Waals surface area contributed by atoms with Crippen molar-refractivity contribution in [2.75, 3.05) is 0 Å². The number of nitrogens with zero attached hydrogens (tertiary/aromatic N) is 3. The van der Waals surface area contributed by atoms with Crippen LogP contribution in [0.5, 0.6) is 23.0 Å². The molecule has 0 saturated heterocycles. The van der Waals surface area contributed by atoms with Crippen LogP contribution in [0.25, 0.3) is 27.6 Å². The summed E-state index contributed by atoms with van der Waals surface area (Å²) in [7, 11) is 0. The normalized spacial score (nSPS) is 21.5. The summed E-state index contributed by atoms with van der Waals surface area (Å²) in [5.74, 6) is 4.10. The number of rotatable bonds is 3. The van der Waals surface area contributed by atoms with Crippen LogP contribution in [0.1, 0.15) is 122 Å². The van der Waals surface area contributed by atoms with Crippen molar-refractivity contribution in [3.05, 3.63) is 117 Å². The molecule has 2 aromatic heterocycles. The summed E-state index contributed by atoms with van der Waals surface area (Å²) in [6.07, 6.45) is 0.0658. The van der Waals surface area contributed by atoms with Crippen molar-refractivity contribution < 1.29 is 17.0 Å². The first-order valence-corrected chi connectivity index (χ1v) is 19.9. The van der Waals surface area contributed by atoms with Crippen molar-refractivity contribution in [1.82, 2.24) is 9.55 Å². The third-order valence-corrected chi connectivity index (χ3v) is 12.4. The summed E-state index contributed by atoms with van der Waals surface area (Å²) in [5.41, 5.74) is 7.51. The largest absolute Gasteiger partial charge is 0.467 e. The number of hydrogen-bond acceptors (Lipinski definition) is 5. The number of aryl methyl sites for hydroxylation is 4. The third-order valence-electron chi connectivity index (χ3n) is 12.4. The summed E-state index contributed by atoms with van der Waals surface area (Å²) >= 11 is 0. The molecule has 3 aliphatic rings. The molecule has 6 heteroatoms. The van der Waals surface area contributed by atoms with E-state index >= 15 is 0 Å². The molecule has 4 heterocycles. The molecule has 0 unspecified atom stereocenters. The molecule has 56 heavy (non-hydrogen) atoms. The lowest BCUT2D eigenvalue weighted by molar-refractivity contribution is -0.0673. The van der Waals surface area contributed by atoms with Crippen LogP contribution >= 0.6 is 0 Å². The summed E-state index contributed by atoms with van der Waals surface area (Å²) < 4.78 is 42.5. The van der Waals surface area contributed by atoms with E-state index in [1.165, 1.54) is 5.56 Å². The van der Waals surface area contributed by atoms with Gasteiger partial charge in [-0.25, -0.2) is 9.98 Å². The van der Waals surface area contributed by atoms with E-state index in [0.717, 1.165) is 83.8 Å². The molecule has 0 saturated carbocycles. The monoisotopic (exact) mass is 747 g/mol. The van der Waals surface area contributed by atoms with Crippen molar-refractivity contribution in [3.63, 3.8) is 0 Å². The van der Waals surface area contributed by atoms with Gasteiger partial charge in [-0.1, -0.05) is 74.4 Å². The van der Waals surface area contributed by atoms with Gasteiger partial charge in [-0.2, -0.15) is 0 Å². The van der Waals surface area contributed by atoms with Gasteiger partial charge in [0.2, 0.25) is 5.90 Å². The van der Waals surface area contributed by atoms with Crippen LogP contribution < -0.4 is 9.47 Å². The van der Waals surface area contributed by atoms with Crippen molar-refractivity contribution in [2.45, 2.75) is 125 Å². The van der Waals surface area contributed by atoms with E-state index in [0.29, 0.717) is 17.2 Å². The molecule has 2 atom stereocenters. The summed E-state index contributed by atoms with van der Waals surface area (Å²) in [4.78, 5) is 10.3. The Hall–Kier alpha value is -5.10. The summed E-state index contributed by atoms with van der Waals surface area (Å²) in [6.45, 7) is 29.8. The highest BCUT2D eigenvalue weighted by atomic mass is 16.5. The standard InChI is InChI=1S/C50H55N3O3/c1-27-15-42-44(51-26-27)53-39-24-40(30(4)17-36(39)37-22-34(47(8,9)10)23-41(55-42)43(37)53)54-35-20-31(19-33(21-35)46(5,6)7)45-52-49(14)38-18-29(3)28(2)16-32(38)25-50(49,56-45)48(11,12)13/h15-24,26H,25H2,1-14H3/t49-,50-/m1/s1/i25D2. The third kappa shape index (κ3) is 5.20. The maximum Gasteiger partial charge on any atom is 0.217 e. The number of hydrogen-bond donors (Lipinski definition) is 0. The summed E-state index contributed by atoms with van der Waals surface area (Å²) in [6, 6.07) is 21.2. The molecule has 0 N–H and O–H groups in total. The van der Waals surface area contributed by atoms with Gasteiger partial charge in [0, 0.05) is 43.1 Å². The minimum absolute atomic E-state index is 0.0817. The Labute approximate surface area is 334 Å². The fourth-order valence-electron chi connectivity index (χ4n) is 8.97. The topological polar surface area (TPSA) is 57.9 Å². The Morgan fingerprint density at radius 3 is 2.14 bits per heavy atom. The van der Waals surface area contributed by atoms with Gasteiger partial charge < -0.3 is 14.2 Å². The second-order valence-corrected chi connectivity index (χ2v) is 19.8. The predicted octanol–water partition coefficient (Wildman–Crippen LogP) is 12.9. The molecular formula is C50H55N3O3. The molecule has 9 rings (SSSR count). The van der Waals surface area contributed by atoms with Gasteiger partial charge in [-0.05, 0) is 132 Å². The first-order chi connectivity index (χ1) is 26.9. The van der Waals surface area contributed by atoms with E-state index < -0.39 is 22.9 Å². The van der Waals surface area contributed by atoms with Crippen LogP contribution in [0.15, 0.2) is 71.9 Å². The molecule has 0 amide bonds. The van der Waals surface area contributed by atoms with Crippen LogP contribution in [-0.2, 0) is 27.5 Å². The highest BCUT2D eigenvalue weighted by molar-refractivity contribution is 6.13. The smallest absolute Gasteiger partial charge is 0.217 e. The molecule has 0 radical (unpaired) electrons. The van der Waals surface area contributed by atoms with Crippen LogP contribution in [0.4, 0.5) is 0 Å². The average Bonchev–Trinajstić information content (AvgIpc) is 3.66. The van der Waals surface area contributed by atoms with Crippen LogP contribution in [0.2, 0.25) is 0 Å². The number of ether oxygens (including phenoxy) is 3. The SMILES string of the molecule is [2H]C1([2H])c2cc(C)c(C)cc2[C@@]2(C)N=C(c3cc(Oc4cc5c(cc4C)c4cc(C(C)(C)C)cc6c4n5-c4ncc(C)cc4O6)cc(C(C)(C)C)c3)O[C@@]12C(C)(C)C. The fourth-order valence-corrected chi connectivity index (χ4v) is 8.97. The van der Waals surface area contributed by atoms with Gasteiger partial charge in [0.15, 0.2) is 17.3 Å². The molecule has 1 aliphatic carbocycles. The first kappa shape index (κ1) is 34.2. The quantitative estimate of drug-likeness (QED) is 0.181. The summed E-state index contributed by atoms with van der Waals surface area (Å²) in [5, 5.41) is 2.23. The predicted molar refractivity (Wildman–Crippen MR) is 229 cm³/mol. The molecule has 4 aromatic carbocycles. The van der Waals surface area contributed by atoms with E-state index in [1.54, 1.807) is 0 Å². The van der Waals surface area contributed by atoms with Crippen molar-refractivity contribution in [1.29, 1.82) is 0 Å². The Balaban J connectivity index is 1.22. The highest BCUT2D eigenvalue weighted by Crippen LogP contribution is 2.60. The maximum absolute atomic E-state index is 9.78. The number of aromatic nitrogens is 2. The van der Waals surface area contributed by atoms with E-state index in [9.17, 15) is 2.74 Å². The minimum Gasteiger partial charge on any atom is -0.467 e. The van der Waals surface area contributed by atoms with Gasteiger partial charge in [0.05, 0.1) is 11.0 Å². The van der Waals surface area contributed by atoms with Crippen molar-refractivity contribution in [3.8, 4) is 28.8 Å². The van der Waals surface area contributed by atoms with Gasteiger partial charge in [-0.3, -0.25) is 4.57 Å². The zero-order valence-corrected chi connectivity index (χ0v) is 35.4. The highest BCUT2D eigenvalue weighted by Gasteiger charge is 2.66. The van der Waals surface area contributed by atoms with Gasteiger partial charge >= 0.3 is 0 Å². The van der Waals surface area contributed by atoms with Crippen molar-refractivity contribution in [2.24, 2.45) is 10.4 Å². The fraction of sp³-hybridized carbons (Fsp3) is 0.400. The van der Waals surface area contributed by atoms with Crippen molar-refractivity contribution >= 4 is 27.7 Å². The number of fused-ring (bicyclic) bond motifs is 8. The molecule has 0 fully saturated rings. The lowest BCUT2D eigenvalue weighted by Gasteiger charge is -2.45. The van der Waals surface area contributed by atoms with E-state index in [-0.39, 0.29) is 10.8 Å². The van der Waals surface area contributed by atoms with E-state index in [4.69, 9.17) is 24.2 Å². The first-order valence-electron chi connectivity index (χ1n) is 20.9. The van der Waals surface area contributed by atoms with Gasteiger partial charge in [0.1, 0.15) is 22.6 Å². The Kier molecular flexibility index (Phi) is 7.01. The zero-order chi connectivity index (χ0) is 41.9. The van der Waals surface area contributed by atoms with Crippen LogP contribution in [0, 0.1) is 33.1 Å². The van der Waals surface area contributed by atoms with E-state index in [1.807, 2.05) is 32.2 Å². The molecule has 288 valence electrons. The molecule has 6 aromatic rings. The minimum atomic E-state index is -1.82. The lowest BCUT2D eigenvalue weighted by atomic mass is 9.66. The molecule has 0 bridgehead atoms. The molecule has 2 aliphatic heterocycles. The molecule has 0 spiro atoms. The Morgan fingerprint density at radius 2 is 1.45 bits per heavy atom. The number of pyridine rings is 1. The number of aliphatic imine (C=N–C) groups is 1. The van der Waals surface area contributed by atoms with Gasteiger partial charge in [-0.15, -0.1) is 0 Å². The second-order valence-electron chi connectivity index (χ2n) is 19.8. The Bertz CT molecular complexity index is 2810. The number of benzene rings is 4. The maximum atomic E-state index is 9.78. The Morgan fingerprint density at radius 1 is 0.750 bits per heavy atom.